The number of hydrogen-bond donors (Lipinski definition) is 0. The highest BCUT2D eigenvalue weighted by atomic mass is 32.2. The van der Waals surface area contributed by atoms with E-state index >= 15 is 0 Å². The van der Waals surface area contributed by atoms with Gasteiger partial charge in [0.25, 0.3) is 0 Å². The van der Waals surface area contributed by atoms with Crippen molar-refractivity contribution in [3.63, 3.8) is 0 Å². The molecule has 2 rings (SSSR count). The summed E-state index contributed by atoms with van der Waals surface area (Å²) in [5.74, 6) is -0.230. The normalized spacial score (nSPS) is 11.7. The molecular formula is C19H26N2O4S2. The van der Waals surface area contributed by atoms with Crippen LogP contribution in [0, 0.1) is 6.92 Å². The number of aryl methyl sites for hydroxylation is 1. The molecule has 0 saturated heterocycles. The highest BCUT2D eigenvalue weighted by molar-refractivity contribution is 7.88. The first-order chi connectivity index (χ1) is 12.8. The number of nitrogens with zero attached hydrogens (tertiary/aromatic N) is 2. The molecule has 0 N–H and O–H groups in total. The van der Waals surface area contributed by atoms with Gasteiger partial charge >= 0.3 is 0 Å². The van der Waals surface area contributed by atoms with Crippen LogP contribution < -0.4 is 0 Å². The topological polar surface area (TPSA) is 66.9 Å². The lowest BCUT2D eigenvalue weighted by Crippen LogP contribution is -2.43. The van der Waals surface area contributed by atoms with Crippen molar-refractivity contribution in [3.8, 4) is 0 Å². The van der Waals surface area contributed by atoms with Crippen LogP contribution in [0.4, 0.5) is 0 Å². The fourth-order valence-electron chi connectivity index (χ4n) is 2.60. The molecule has 148 valence electrons. The van der Waals surface area contributed by atoms with Gasteiger partial charge in [-0.05, 0) is 24.6 Å². The third-order valence-corrected chi connectivity index (χ3v) is 6.27. The minimum atomic E-state index is -3.50. The van der Waals surface area contributed by atoms with Gasteiger partial charge in [-0.2, -0.15) is 4.31 Å². The van der Waals surface area contributed by atoms with Crippen LogP contribution in [0.1, 0.15) is 15.3 Å². The Morgan fingerprint density at radius 1 is 1.11 bits per heavy atom. The summed E-state index contributed by atoms with van der Waals surface area (Å²) in [4.78, 5) is 16.9. The minimum Gasteiger partial charge on any atom is -0.383 e. The molecule has 0 aliphatic carbocycles. The molecule has 0 atom stereocenters. The van der Waals surface area contributed by atoms with Crippen LogP contribution in [0.25, 0.3) is 0 Å². The molecule has 2 aromatic rings. The summed E-state index contributed by atoms with van der Waals surface area (Å²) >= 11 is 1.64. The van der Waals surface area contributed by atoms with E-state index in [2.05, 4.69) is 0 Å². The van der Waals surface area contributed by atoms with Crippen molar-refractivity contribution in [2.45, 2.75) is 20.0 Å². The molecule has 1 heterocycles. The standard InChI is InChI=1S/C19H26N2O4S2/c1-16-9-10-18(26-16)14-20(13-17-7-5-4-6-8-17)19(22)15-21(11-12-25-2)27(3,23)24/h4-10H,11-15H2,1-3H3. The smallest absolute Gasteiger partial charge is 0.238 e. The monoisotopic (exact) mass is 410 g/mol. The average molecular weight is 411 g/mol. The Morgan fingerprint density at radius 3 is 2.37 bits per heavy atom. The Kier molecular flexibility index (Phi) is 7.97. The first kappa shape index (κ1) is 21.6. The second kappa shape index (κ2) is 9.98. The first-order valence-electron chi connectivity index (χ1n) is 8.60. The number of thiophene rings is 1. The summed E-state index contributed by atoms with van der Waals surface area (Å²) in [6.45, 7) is 3.10. The molecule has 0 spiro atoms. The zero-order chi connectivity index (χ0) is 19.9. The highest BCUT2D eigenvalue weighted by Crippen LogP contribution is 2.19. The van der Waals surface area contributed by atoms with Gasteiger partial charge in [-0.3, -0.25) is 4.79 Å². The number of ether oxygens (including phenoxy) is 1. The Hall–Kier alpha value is -1.74. The Bertz CT molecular complexity index is 834. The highest BCUT2D eigenvalue weighted by Gasteiger charge is 2.24. The maximum Gasteiger partial charge on any atom is 0.238 e. The van der Waals surface area contributed by atoms with Gasteiger partial charge in [0.05, 0.1) is 26.0 Å². The summed E-state index contributed by atoms with van der Waals surface area (Å²) in [5.41, 5.74) is 1.00. The number of methoxy groups -OCH3 is 1. The van der Waals surface area contributed by atoms with Crippen molar-refractivity contribution in [3.05, 3.63) is 57.8 Å². The number of hydrogen-bond acceptors (Lipinski definition) is 5. The predicted molar refractivity (Wildman–Crippen MR) is 108 cm³/mol. The second-order valence-corrected chi connectivity index (χ2v) is 9.69. The number of rotatable bonds is 10. The molecule has 0 bridgehead atoms. The molecule has 0 fully saturated rings. The SMILES string of the molecule is COCCN(CC(=O)N(Cc1ccccc1)Cc1ccc(C)s1)S(C)(=O)=O. The predicted octanol–water partition coefficient (Wildman–Crippen LogP) is 2.49. The summed E-state index contributed by atoms with van der Waals surface area (Å²) in [6, 6.07) is 13.7. The minimum absolute atomic E-state index is 0.151. The van der Waals surface area contributed by atoms with Crippen molar-refractivity contribution in [2.75, 3.05) is 33.1 Å². The molecule has 1 aromatic carbocycles. The third kappa shape index (κ3) is 7.06. The lowest BCUT2D eigenvalue weighted by Gasteiger charge is -2.26. The van der Waals surface area contributed by atoms with Gasteiger partial charge in [-0.15, -0.1) is 11.3 Å². The van der Waals surface area contributed by atoms with E-state index in [4.69, 9.17) is 4.74 Å². The zero-order valence-electron chi connectivity index (χ0n) is 15.9. The lowest BCUT2D eigenvalue weighted by atomic mass is 10.2. The van der Waals surface area contributed by atoms with Crippen molar-refractivity contribution >= 4 is 27.3 Å². The first-order valence-corrected chi connectivity index (χ1v) is 11.3. The summed E-state index contributed by atoms with van der Waals surface area (Å²) in [7, 11) is -2.00. The maximum atomic E-state index is 13.0. The molecule has 0 saturated carbocycles. The summed E-state index contributed by atoms with van der Waals surface area (Å²) < 4.78 is 30.2. The van der Waals surface area contributed by atoms with E-state index in [1.807, 2.05) is 49.4 Å². The molecule has 6 nitrogen and oxygen atoms in total. The van der Waals surface area contributed by atoms with Crippen molar-refractivity contribution in [2.24, 2.45) is 0 Å². The molecule has 0 radical (unpaired) electrons. The van der Waals surface area contributed by atoms with Crippen LogP contribution in [-0.2, 0) is 32.6 Å². The molecular weight excluding hydrogens is 384 g/mol. The maximum absolute atomic E-state index is 13.0. The Labute approximate surface area is 165 Å². The van der Waals surface area contributed by atoms with E-state index in [0.29, 0.717) is 13.1 Å². The lowest BCUT2D eigenvalue weighted by molar-refractivity contribution is -0.132. The molecule has 27 heavy (non-hydrogen) atoms. The molecule has 0 aliphatic rings. The molecule has 8 heteroatoms. The van der Waals surface area contributed by atoms with Gasteiger partial charge < -0.3 is 9.64 Å². The van der Waals surface area contributed by atoms with Crippen LogP contribution >= 0.6 is 11.3 Å². The second-order valence-electron chi connectivity index (χ2n) is 6.34. The van der Waals surface area contributed by atoms with E-state index in [-0.39, 0.29) is 25.6 Å². The third-order valence-electron chi connectivity index (χ3n) is 4.04. The quantitative estimate of drug-likeness (QED) is 0.604. The van der Waals surface area contributed by atoms with Gasteiger partial charge in [0.2, 0.25) is 15.9 Å². The van der Waals surface area contributed by atoms with E-state index in [1.54, 1.807) is 16.2 Å². The summed E-state index contributed by atoms with van der Waals surface area (Å²) in [6.07, 6.45) is 1.11. The molecule has 0 aliphatic heterocycles. The van der Waals surface area contributed by atoms with E-state index in [1.165, 1.54) is 12.0 Å². The molecule has 1 amide bonds. The fraction of sp³-hybridized carbons (Fsp3) is 0.421. The van der Waals surface area contributed by atoms with E-state index in [0.717, 1.165) is 21.0 Å². The largest absolute Gasteiger partial charge is 0.383 e. The van der Waals surface area contributed by atoms with Crippen LogP contribution in [0.5, 0.6) is 0 Å². The fourth-order valence-corrected chi connectivity index (χ4v) is 4.26. The number of sulfonamides is 1. The van der Waals surface area contributed by atoms with Crippen molar-refractivity contribution in [1.82, 2.24) is 9.21 Å². The van der Waals surface area contributed by atoms with Crippen LogP contribution in [0.15, 0.2) is 42.5 Å². The molecule has 0 unspecified atom stereocenters. The Balaban J connectivity index is 2.18. The van der Waals surface area contributed by atoms with Gasteiger partial charge in [0.15, 0.2) is 0 Å². The number of benzene rings is 1. The van der Waals surface area contributed by atoms with Gasteiger partial charge in [-0.1, -0.05) is 30.3 Å². The molecule has 1 aromatic heterocycles. The van der Waals surface area contributed by atoms with Crippen molar-refractivity contribution in [1.29, 1.82) is 0 Å². The van der Waals surface area contributed by atoms with Gasteiger partial charge in [0.1, 0.15) is 0 Å². The van der Waals surface area contributed by atoms with Gasteiger partial charge in [-0.25, -0.2) is 8.42 Å². The van der Waals surface area contributed by atoms with E-state index in [9.17, 15) is 13.2 Å². The van der Waals surface area contributed by atoms with Crippen molar-refractivity contribution < 1.29 is 17.9 Å². The van der Waals surface area contributed by atoms with Gasteiger partial charge in [0, 0.05) is 30.0 Å². The zero-order valence-corrected chi connectivity index (χ0v) is 17.6. The van der Waals surface area contributed by atoms with Crippen LogP contribution in [0.3, 0.4) is 0 Å². The van der Waals surface area contributed by atoms with E-state index < -0.39 is 10.0 Å². The summed E-state index contributed by atoms with van der Waals surface area (Å²) in [5, 5.41) is 0. The van der Waals surface area contributed by atoms with Crippen LogP contribution in [-0.4, -0.2) is 56.6 Å². The average Bonchev–Trinajstić information content (AvgIpc) is 3.02. The number of amides is 1. The number of carbonyl (C=O) groups excluding carboxylic acids is 1. The Morgan fingerprint density at radius 2 is 1.81 bits per heavy atom. The number of carbonyl (C=O) groups is 1. The van der Waals surface area contributed by atoms with Crippen LogP contribution in [0.2, 0.25) is 0 Å².